The summed E-state index contributed by atoms with van der Waals surface area (Å²) in [6.07, 6.45) is 4.67. The molecule has 7 nitrogen and oxygen atoms in total. The number of fused-ring (bicyclic) bond motifs is 1. The van der Waals surface area contributed by atoms with Crippen molar-refractivity contribution < 1.29 is 0 Å². The molecule has 4 aromatic rings. The molecule has 0 unspecified atom stereocenters. The van der Waals surface area contributed by atoms with Crippen LogP contribution in [0.1, 0.15) is 48.4 Å². The number of hydrogen-bond acceptors (Lipinski definition) is 8. The Kier molecular flexibility index (Phi) is 5.91. The third-order valence-corrected chi connectivity index (χ3v) is 6.97. The fraction of sp³-hybridized carbons (Fsp3) is 0.304. The summed E-state index contributed by atoms with van der Waals surface area (Å²) < 4.78 is 0. The molecule has 0 bridgehead atoms. The number of nitrogen functional groups attached to an aromatic ring is 1. The van der Waals surface area contributed by atoms with E-state index in [1.807, 2.05) is 24.3 Å². The van der Waals surface area contributed by atoms with E-state index < -0.39 is 0 Å². The minimum absolute atomic E-state index is 0.247. The standard InChI is InChI=1S/C23H24ClN7S/c24-18-11-10-16-21(29-18)32-23(28-16)31-20-19(14-6-8-15(25)9-7-14)17(27-22(26)30-20)12-13-4-2-1-3-5-13/h1-5,10-11,14-15H,6-9,12,25H2,(H3,26,27,28,30,31)/t14-,15-. The van der Waals surface area contributed by atoms with E-state index >= 15 is 0 Å². The van der Waals surface area contributed by atoms with Gasteiger partial charge in [0.05, 0.1) is 5.69 Å². The first kappa shape index (κ1) is 21.1. The molecule has 0 amide bonds. The van der Waals surface area contributed by atoms with Crippen LogP contribution in [0.2, 0.25) is 5.15 Å². The Morgan fingerprint density at radius 1 is 0.969 bits per heavy atom. The second-order valence-corrected chi connectivity index (χ2v) is 9.53. The van der Waals surface area contributed by atoms with Crippen molar-refractivity contribution in [3.05, 3.63) is 64.4 Å². The predicted molar refractivity (Wildman–Crippen MR) is 131 cm³/mol. The monoisotopic (exact) mass is 465 g/mol. The smallest absolute Gasteiger partial charge is 0.222 e. The van der Waals surface area contributed by atoms with E-state index in [1.54, 1.807) is 6.07 Å². The number of nitrogens with two attached hydrogens (primary N) is 2. The Bertz CT molecular complexity index is 1240. The third kappa shape index (κ3) is 4.53. The summed E-state index contributed by atoms with van der Waals surface area (Å²) in [4.78, 5) is 19.1. The van der Waals surface area contributed by atoms with E-state index in [4.69, 9.17) is 23.1 Å². The molecule has 0 saturated heterocycles. The molecule has 1 saturated carbocycles. The van der Waals surface area contributed by atoms with Gasteiger partial charge in [-0.15, -0.1) is 0 Å². The minimum atomic E-state index is 0.247. The minimum Gasteiger partial charge on any atom is -0.368 e. The van der Waals surface area contributed by atoms with Crippen LogP contribution in [0.25, 0.3) is 10.3 Å². The summed E-state index contributed by atoms with van der Waals surface area (Å²) in [5, 5.41) is 4.57. The Balaban J connectivity index is 1.56. The van der Waals surface area contributed by atoms with Crippen molar-refractivity contribution in [2.75, 3.05) is 11.1 Å². The van der Waals surface area contributed by atoms with Crippen molar-refractivity contribution in [1.29, 1.82) is 0 Å². The zero-order valence-electron chi connectivity index (χ0n) is 17.5. The van der Waals surface area contributed by atoms with Gasteiger partial charge in [0.2, 0.25) is 5.95 Å². The Morgan fingerprint density at radius 2 is 1.75 bits per heavy atom. The maximum absolute atomic E-state index is 6.18. The number of hydrogen-bond donors (Lipinski definition) is 3. The molecule has 164 valence electrons. The highest BCUT2D eigenvalue weighted by molar-refractivity contribution is 7.21. The van der Waals surface area contributed by atoms with E-state index in [1.165, 1.54) is 16.9 Å². The van der Waals surface area contributed by atoms with Crippen molar-refractivity contribution in [2.24, 2.45) is 5.73 Å². The van der Waals surface area contributed by atoms with Crippen LogP contribution in [-0.4, -0.2) is 26.0 Å². The van der Waals surface area contributed by atoms with Gasteiger partial charge in [-0.3, -0.25) is 0 Å². The maximum atomic E-state index is 6.18. The van der Waals surface area contributed by atoms with Crippen LogP contribution >= 0.6 is 22.9 Å². The summed E-state index contributed by atoms with van der Waals surface area (Å²) in [6, 6.07) is 14.2. The average Bonchev–Trinajstić information content (AvgIpc) is 3.16. The first-order chi connectivity index (χ1) is 15.5. The van der Waals surface area contributed by atoms with Crippen molar-refractivity contribution in [3.63, 3.8) is 0 Å². The van der Waals surface area contributed by atoms with Crippen molar-refractivity contribution in [3.8, 4) is 0 Å². The number of anilines is 3. The van der Waals surface area contributed by atoms with Crippen LogP contribution in [0.5, 0.6) is 0 Å². The Labute approximate surface area is 195 Å². The lowest BCUT2D eigenvalue weighted by Crippen LogP contribution is -2.27. The maximum Gasteiger partial charge on any atom is 0.222 e. The number of nitrogens with zero attached hydrogens (tertiary/aromatic N) is 4. The summed E-state index contributed by atoms with van der Waals surface area (Å²) >= 11 is 7.48. The van der Waals surface area contributed by atoms with Gasteiger partial charge in [-0.05, 0) is 49.3 Å². The molecule has 9 heteroatoms. The third-order valence-electron chi connectivity index (χ3n) is 5.88. The molecule has 3 aromatic heterocycles. The molecule has 3 heterocycles. The lowest BCUT2D eigenvalue weighted by atomic mass is 9.80. The van der Waals surface area contributed by atoms with Crippen LogP contribution in [0.3, 0.4) is 0 Å². The van der Waals surface area contributed by atoms with Gasteiger partial charge in [0.15, 0.2) is 5.13 Å². The zero-order chi connectivity index (χ0) is 22.1. The second-order valence-electron chi connectivity index (χ2n) is 8.17. The largest absolute Gasteiger partial charge is 0.368 e. The van der Waals surface area contributed by atoms with Gasteiger partial charge < -0.3 is 16.8 Å². The molecular formula is C23H24ClN7S. The fourth-order valence-corrected chi connectivity index (χ4v) is 5.38. The molecular weight excluding hydrogens is 442 g/mol. The van der Waals surface area contributed by atoms with E-state index in [2.05, 4.69) is 37.4 Å². The van der Waals surface area contributed by atoms with Crippen molar-refractivity contribution in [1.82, 2.24) is 19.9 Å². The van der Waals surface area contributed by atoms with E-state index in [0.29, 0.717) is 28.4 Å². The van der Waals surface area contributed by atoms with Gasteiger partial charge in [0.25, 0.3) is 0 Å². The fourth-order valence-electron chi connectivity index (χ4n) is 4.34. The van der Waals surface area contributed by atoms with Gasteiger partial charge in [-0.2, -0.15) is 4.98 Å². The number of nitrogens with one attached hydrogen (secondary N) is 1. The zero-order valence-corrected chi connectivity index (χ0v) is 19.0. The molecule has 5 N–H and O–H groups in total. The number of benzene rings is 1. The second kappa shape index (κ2) is 8.97. The molecule has 1 fully saturated rings. The average molecular weight is 466 g/mol. The molecule has 32 heavy (non-hydrogen) atoms. The molecule has 0 atom stereocenters. The predicted octanol–water partition coefficient (Wildman–Crippen LogP) is 5.04. The number of rotatable bonds is 5. The van der Waals surface area contributed by atoms with Crippen LogP contribution in [-0.2, 0) is 6.42 Å². The summed E-state index contributed by atoms with van der Waals surface area (Å²) in [6.45, 7) is 0. The first-order valence-electron chi connectivity index (χ1n) is 10.7. The van der Waals surface area contributed by atoms with E-state index in [0.717, 1.165) is 47.3 Å². The number of thiazole rings is 1. The topological polar surface area (TPSA) is 116 Å². The van der Waals surface area contributed by atoms with Gasteiger partial charge in [-0.1, -0.05) is 53.3 Å². The van der Waals surface area contributed by atoms with Gasteiger partial charge in [-0.25, -0.2) is 15.0 Å². The van der Waals surface area contributed by atoms with E-state index in [-0.39, 0.29) is 12.0 Å². The number of aromatic nitrogens is 4. The van der Waals surface area contributed by atoms with Crippen LogP contribution in [0, 0.1) is 0 Å². The molecule has 0 spiro atoms. The summed E-state index contributed by atoms with van der Waals surface area (Å²) in [7, 11) is 0. The Morgan fingerprint density at radius 3 is 2.53 bits per heavy atom. The lowest BCUT2D eigenvalue weighted by Gasteiger charge is -2.29. The number of pyridine rings is 1. The Hall–Kier alpha value is -2.81. The number of halogens is 1. The van der Waals surface area contributed by atoms with Gasteiger partial charge in [0.1, 0.15) is 21.3 Å². The lowest BCUT2D eigenvalue weighted by molar-refractivity contribution is 0.394. The van der Waals surface area contributed by atoms with Crippen LogP contribution in [0.15, 0.2) is 42.5 Å². The molecule has 5 rings (SSSR count). The summed E-state index contributed by atoms with van der Waals surface area (Å²) in [5.41, 5.74) is 16.4. The van der Waals surface area contributed by atoms with Crippen molar-refractivity contribution >= 4 is 50.2 Å². The molecule has 1 aliphatic rings. The van der Waals surface area contributed by atoms with Crippen molar-refractivity contribution in [2.45, 2.75) is 44.1 Å². The normalized spacial score (nSPS) is 18.7. The van der Waals surface area contributed by atoms with E-state index in [9.17, 15) is 0 Å². The van der Waals surface area contributed by atoms with Gasteiger partial charge >= 0.3 is 0 Å². The highest BCUT2D eigenvalue weighted by Gasteiger charge is 2.27. The van der Waals surface area contributed by atoms with Crippen LogP contribution < -0.4 is 16.8 Å². The highest BCUT2D eigenvalue weighted by Crippen LogP contribution is 2.39. The highest BCUT2D eigenvalue weighted by atomic mass is 35.5. The molecule has 1 aromatic carbocycles. The summed E-state index contributed by atoms with van der Waals surface area (Å²) in [5.74, 6) is 1.28. The SMILES string of the molecule is Nc1nc(Cc2ccccc2)c([C@H]2CC[C@H](N)CC2)c(Nc2nc3ccc(Cl)nc3s2)n1. The molecule has 1 aliphatic carbocycles. The van der Waals surface area contributed by atoms with Gasteiger partial charge in [0, 0.05) is 18.0 Å². The molecule has 0 radical (unpaired) electrons. The first-order valence-corrected chi connectivity index (χ1v) is 11.9. The molecule has 0 aliphatic heterocycles. The quantitative estimate of drug-likeness (QED) is 0.353. The van der Waals surface area contributed by atoms with Crippen LogP contribution in [0.4, 0.5) is 16.9 Å².